The Balaban J connectivity index is 1.66. The summed E-state index contributed by atoms with van der Waals surface area (Å²) in [6.45, 7) is 5.91. The Labute approximate surface area is 176 Å². The molecule has 7 nitrogen and oxygen atoms in total. The molecule has 154 valence electrons. The molecule has 0 aliphatic carbocycles. The number of aromatic nitrogens is 3. The van der Waals surface area contributed by atoms with Gasteiger partial charge < -0.3 is 19.3 Å². The molecule has 5 rings (SSSR count). The quantitative estimate of drug-likeness (QED) is 0.662. The van der Waals surface area contributed by atoms with Crippen LogP contribution in [0.2, 0.25) is 0 Å². The number of pyridine rings is 1. The Kier molecular flexibility index (Phi) is 4.96. The number of anilines is 3. The fourth-order valence-corrected chi connectivity index (χ4v) is 4.13. The van der Waals surface area contributed by atoms with E-state index in [4.69, 9.17) is 19.4 Å². The molecule has 4 heterocycles. The minimum atomic E-state index is 0.697. The summed E-state index contributed by atoms with van der Waals surface area (Å²) in [4.78, 5) is 18.7. The molecule has 0 saturated carbocycles. The lowest BCUT2D eigenvalue weighted by Crippen LogP contribution is -2.37. The van der Waals surface area contributed by atoms with Crippen LogP contribution < -0.4 is 14.5 Å². The van der Waals surface area contributed by atoms with E-state index in [2.05, 4.69) is 39.9 Å². The smallest absolute Gasteiger partial charge is 0.228 e. The van der Waals surface area contributed by atoms with E-state index in [-0.39, 0.29) is 0 Å². The maximum absolute atomic E-state index is 5.58. The van der Waals surface area contributed by atoms with Crippen LogP contribution in [0.25, 0.3) is 11.3 Å². The van der Waals surface area contributed by atoms with Crippen molar-refractivity contribution in [1.29, 1.82) is 0 Å². The number of fused-ring (bicyclic) bond motifs is 1. The van der Waals surface area contributed by atoms with Crippen LogP contribution in [0.3, 0.4) is 0 Å². The van der Waals surface area contributed by atoms with Crippen molar-refractivity contribution in [3.8, 4) is 17.0 Å². The van der Waals surface area contributed by atoms with E-state index in [1.807, 2.05) is 24.5 Å². The van der Waals surface area contributed by atoms with E-state index in [9.17, 15) is 0 Å². The normalized spacial score (nSPS) is 15.9. The first-order valence-corrected chi connectivity index (χ1v) is 10.3. The number of methoxy groups -OCH3 is 1. The Morgan fingerprint density at radius 2 is 1.80 bits per heavy atom. The monoisotopic (exact) mass is 403 g/mol. The Morgan fingerprint density at radius 3 is 2.57 bits per heavy atom. The van der Waals surface area contributed by atoms with Crippen molar-refractivity contribution in [3.05, 3.63) is 53.9 Å². The summed E-state index contributed by atoms with van der Waals surface area (Å²) < 4.78 is 11.1. The van der Waals surface area contributed by atoms with E-state index < -0.39 is 0 Å². The highest BCUT2D eigenvalue weighted by Gasteiger charge is 2.29. The third-order valence-corrected chi connectivity index (χ3v) is 5.76. The summed E-state index contributed by atoms with van der Waals surface area (Å²) in [6.07, 6.45) is 4.54. The van der Waals surface area contributed by atoms with Crippen LogP contribution in [0.15, 0.2) is 42.7 Å². The van der Waals surface area contributed by atoms with Crippen molar-refractivity contribution >= 4 is 17.5 Å². The fraction of sp³-hybridized carbons (Fsp3) is 0.348. The number of hydrogen-bond acceptors (Lipinski definition) is 7. The summed E-state index contributed by atoms with van der Waals surface area (Å²) in [5.74, 6) is 2.61. The highest BCUT2D eigenvalue weighted by Crippen LogP contribution is 2.40. The maximum atomic E-state index is 5.58. The van der Waals surface area contributed by atoms with Crippen LogP contribution in [0.5, 0.6) is 5.75 Å². The molecule has 0 bridgehead atoms. The van der Waals surface area contributed by atoms with E-state index in [1.54, 1.807) is 7.11 Å². The number of benzene rings is 1. The topological polar surface area (TPSA) is 63.6 Å². The summed E-state index contributed by atoms with van der Waals surface area (Å²) in [6, 6.07) is 10.3. The van der Waals surface area contributed by atoms with Gasteiger partial charge >= 0.3 is 0 Å². The van der Waals surface area contributed by atoms with E-state index in [0.29, 0.717) is 13.2 Å². The van der Waals surface area contributed by atoms with E-state index >= 15 is 0 Å². The number of rotatable bonds is 4. The molecule has 0 atom stereocenters. The second kappa shape index (κ2) is 7.91. The zero-order valence-electron chi connectivity index (χ0n) is 17.3. The summed E-state index contributed by atoms with van der Waals surface area (Å²) >= 11 is 0. The highest BCUT2D eigenvalue weighted by atomic mass is 16.5. The van der Waals surface area contributed by atoms with Crippen LogP contribution in [-0.4, -0.2) is 54.9 Å². The summed E-state index contributed by atoms with van der Waals surface area (Å²) in [5, 5.41) is 0. The van der Waals surface area contributed by atoms with Crippen LogP contribution in [0.1, 0.15) is 11.1 Å². The largest absolute Gasteiger partial charge is 0.496 e. The molecule has 0 N–H and O–H groups in total. The van der Waals surface area contributed by atoms with Gasteiger partial charge in [0, 0.05) is 48.8 Å². The first-order chi connectivity index (χ1) is 14.7. The van der Waals surface area contributed by atoms with Crippen molar-refractivity contribution < 1.29 is 9.47 Å². The molecule has 1 fully saturated rings. The fourth-order valence-electron chi connectivity index (χ4n) is 4.13. The zero-order valence-corrected chi connectivity index (χ0v) is 17.3. The average Bonchev–Trinajstić information content (AvgIpc) is 3.24. The third-order valence-electron chi connectivity index (χ3n) is 5.76. The standard InChI is InChI=1S/C23H25N5O2/c1-16-3-4-17(15-20(16)29-2)21-19-7-10-28(18-5-8-24-9-6-18)22(19)26-23(25-21)27-11-13-30-14-12-27/h3-6,8-9,15H,7,10-14H2,1-2H3. The number of aryl methyl sites for hydroxylation is 1. The minimum Gasteiger partial charge on any atom is -0.496 e. The van der Waals surface area contributed by atoms with Gasteiger partial charge in [0.15, 0.2) is 0 Å². The van der Waals surface area contributed by atoms with Crippen molar-refractivity contribution in [2.75, 3.05) is 49.8 Å². The van der Waals surface area contributed by atoms with Crippen LogP contribution in [0.4, 0.5) is 17.5 Å². The lowest BCUT2D eigenvalue weighted by atomic mass is 10.0. The van der Waals surface area contributed by atoms with Gasteiger partial charge in [0.1, 0.15) is 11.6 Å². The molecule has 1 saturated heterocycles. The molecule has 2 aliphatic heterocycles. The third kappa shape index (κ3) is 3.35. The Hall–Kier alpha value is -3.19. The average molecular weight is 403 g/mol. The molecule has 0 radical (unpaired) electrons. The van der Waals surface area contributed by atoms with Crippen molar-refractivity contribution in [1.82, 2.24) is 15.0 Å². The first kappa shape index (κ1) is 18.8. The van der Waals surface area contributed by atoms with Gasteiger partial charge in [0.25, 0.3) is 0 Å². The van der Waals surface area contributed by atoms with Crippen LogP contribution in [0, 0.1) is 6.92 Å². The van der Waals surface area contributed by atoms with Crippen LogP contribution in [-0.2, 0) is 11.2 Å². The van der Waals surface area contributed by atoms with Gasteiger partial charge in [-0.25, -0.2) is 4.98 Å². The molecule has 2 aromatic heterocycles. The first-order valence-electron chi connectivity index (χ1n) is 10.3. The number of ether oxygens (including phenoxy) is 2. The predicted octanol–water partition coefficient (Wildman–Crippen LogP) is 3.39. The van der Waals surface area contributed by atoms with E-state index in [1.165, 1.54) is 5.56 Å². The second-order valence-electron chi connectivity index (χ2n) is 7.57. The van der Waals surface area contributed by atoms with E-state index in [0.717, 1.165) is 66.1 Å². The number of nitrogens with zero attached hydrogens (tertiary/aromatic N) is 5. The second-order valence-corrected chi connectivity index (χ2v) is 7.57. The molecule has 0 unspecified atom stereocenters. The van der Waals surface area contributed by atoms with Gasteiger partial charge in [0.05, 0.1) is 26.0 Å². The minimum absolute atomic E-state index is 0.697. The van der Waals surface area contributed by atoms with Gasteiger partial charge in [-0.2, -0.15) is 4.98 Å². The van der Waals surface area contributed by atoms with Gasteiger partial charge in [-0.3, -0.25) is 4.98 Å². The summed E-state index contributed by atoms with van der Waals surface area (Å²) in [7, 11) is 1.71. The van der Waals surface area contributed by atoms with Crippen molar-refractivity contribution in [3.63, 3.8) is 0 Å². The molecule has 1 aromatic carbocycles. The van der Waals surface area contributed by atoms with Gasteiger partial charge in [-0.05, 0) is 37.1 Å². The molecule has 2 aliphatic rings. The van der Waals surface area contributed by atoms with Crippen LogP contribution >= 0.6 is 0 Å². The highest BCUT2D eigenvalue weighted by molar-refractivity contribution is 5.77. The zero-order chi connectivity index (χ0) is 20.5. The predicted molar refractivity (Wildman–Crippen MR) is 117 cm³/mol. The number of hydrogen-bond donors (Lipinski definition) is 0. The van der Waals surface area contributed by atoms with Crippen molar-refractivity contribution in [2.45, 2.75) is 13.3 Å². The maximum Gasteiger partial charge on any atom is 0.228 e. The molecule has 0 amide bonds. The van der Waals surface area contributed by atoms with Gasteiger partial charge in [0.2, 0.25) is 5.95 Å². The van der Waals surface area contributed by atoms with Gasteiger partial charge in [-0.1, -0.05) is 12.1 Å². The Morgan fingerprint density at radius 1 is 1.00 bits per heavy atom. The molecule has 0 spiro atoms. The van der Waals surface area contributed by atoms with Crippen molar-refractivity contribution in [2.24, 2.45) is 0 Å². The van der Waals surface area contributed by atoms with Gasteiger partial charge in [-0.15, -0.1) is 0 Å². The lowest BCUT2D eigenvalue weighted by Gasteiger charge is -2.28. The summed E-state index contributed by atoms with van der Waals surface area (Å²) in [5.41, 5.74) is 5.43. The lowest BCUT2D eigenvalue weighted by molar-refractivity contribution is 0.122. The molecular weight excluding hydrogens is 378 g/mol. The molecule has 30 heavy (non-hydrogen) atoms. The molecule has 7 heteroatoms. The SMILES string of the molecule is COc1cc(-c2nc(N3CCOCC3)nc3c2CCN3c2ccncc2)ccc1C. The molecule has 3 aromatic rings. The molecular formula is C23H25N5O2. The number of morpholine rings is 1. The Bertz CT molecular complexity index is 1050.